The van der Waals surface area contributed by atoms with Crippen LogP contribution in [-0.4, -0.2) is 46.5 Å². The van der Waals surface area contributed by atoms with E-state index in [4.69, 9.17) is 4.74 Å². The van der Waals surface area contributed by atoms with Crippen LogP contribution in [0.4, 0.5) is 0 Å². The number of carbonyl (C=O) groups is 2. The van der Waals surface area contributed by atoms with Crippen LogP contribution in [0.1, 0.15) is 36.8 Å². The predicted octanol–water partition coefficient (Wildman–Crippen LogP) is 5.28. The molecule has 1 saturated heterocycles. The van der Waals surface area contributed by atoms with E-state index in [1.807, 2.05) is 77.3 Å². The molecule has 0 aromatic heterocycles. The summed E-state index contributed by atoms with van der Waals surface area (Å²) in [6.45, 7) is 1.60. The van der Waals surface area contributed by atoms with E-state index in [-0.39, 0.29) is 23.0 Å². The van der Waals surface area contributed by atoms with E-state index in [2.05, 4.69) is 0 Å². The van der Waals surface area contributed by atoms with E-state index in [1.165, 1.54) is 11.8 Å². The number of aliphatic hydroxyl groups is 1. The predicted molar refractivity (Wildman–Crippen MR) is 134 cm³/mol. The van der Waals surface area contributed by atoms with Gasteiger partial charge in [0.2, 0.25) is 5.91 Å². The summed E-state index contributed by atoms with van der Waals surface area (Å²) in [6.07, 6.45) is 1.70. The molecule has 174 valence electrons. The number of hydrogen-bond acceptors (Lipinski definition) is 6. The number of hydrogen-bond donors (Lipinski definition) is 1. The third-order valence-electron chi connectivity index (χ3n) is 6.05. The molecule has 0 spiro atoms. The number of aliphatic hydroxyl groups excluding tert-OH is 1. The lowest BCUT2D eigenvalue weighted by molar-refractivity contribution is -0.160. The fourth-order valence-electron chi connectivity index (χ4n) is 4.28. The number of carbonyl (C=O) groups excluding carboxylic acids is 2. The quantitative estimate of drug-likeness (QED) is 0.516. The third kappa shape index (κ3) is 5.95. The molecule has 1 atom stereocenters. The maximum atomic E-state index is 13.0. The molecule has 2 heterocycles. The van der Waals surface area contributed by atoms with Gasteiger partial charge < -0.3 is 14.7 Å². The average molecular weight is 484 g/mol. The number of cyclic esters (lactones) is 1. The highest BCUT2D eigenvalue weighted by Crippen LogP contribution is 2.44. The normalized spacial score (nSPS) is 21.1. The molecule has 0 saturated carbocycles. The third-order valence-corrected chi connectivity index (χ3v) is 8.16. The van der Waals surface area contributed by atoms with E-state index in [9.17, 15) is 14.7 Å². The van der Waals surface area contributed by atoms with Crippen molar-refractivity contribution in [3.8, 4) is 0 Å². The molecule has 5 nitrogen and oxygen atoms in total. The van der Waals surface area contributed by atoms with Gasteiger partial charge in [0.1, 0.15) is 16.3 Å². The van der Waals surface area contributed by atoms with E-state index in [0.717, 1.165) is 35.7 Å². The Balaban J connectivity index is 1.47. The van der Waals surface area contributed by atoms with Crippen molar-refractivity contribution in [1.82, 2.24) is 4.90 Å². The zero-order valence-electron chi connectivity index (χ0n) is 18.6. The van der Waals surface area contributed by atoms with Gasteiger partial charge in [-0.1, -0.05) is 60.7 Å². The van der Waals surface area contributed by atoms with Crippen molar-refractivity contribution in [2.75, 3.05) is 24.6 Å². The number of benzene rings is 2. The number of thioether (sulfide) groups is 2. The van der Waals surface area contributed by atoms with Crippen LogP contribution >= 0.6 is 23.5 Å². The average Bonchev–Trinajstić information content (AvgIpc) is 2.85. The standard InChI is InChI=1S/C26H29NO4S2/c28-22-18-26(21-10-5-2-6-11-21,13-7-12-23(29)27-14-16-32-17-15-27)31-25(30)24(22)33-19-20-8-3-1-4-9-20/h1-6,8-11,28H,7,12-19H2. The molecule has 4 rings (SSSR count). The van der Waals surface area contributed by atoms with Gasteiger partial charge >= 0.3 is 5.97 Å². The van der Waals surface area contributed by atoms with Crippen LogP contribution in [0.25, 0.3) is 0 Å². The molecule has 1 amide bonds. The molecule has 1 unspecified atom stereocenters. The minimum atomic E-state index is -0.961. The highest BCUT2D eigenvalue weighted by Gasteiger charge is 2.43. The molecule has 0 aliphatic carbocycles. The summed E-state index contributed by atoms with van der Waals surface area (Å²) >= 11 is 3.18. The topological polar surface area (TPSA) is 66.8 Å². The largest absolute Gasteiger partial charge is 0.511 e. The molecule has 2 aliphatic heterocycles. The molecule has 0 bridgehead atoms. The monoisotopic (exact) mass is 483 g/mol. The van der Waals surface area contributed by atoms with Crippen LogP contribution in [0.5, 0.6) is 0 Å². The zero-order valence-corrected chi connectivity index (χ0v) is 20.2. The Labute approximate surface area is 203 Å². The molecule has 7 heteroatoms. The smallest absolute Gasteiger partial charge is 0.348 e. The SMILES string of the molecule is O=C1OC(CCCC(=O)N2CCSCC2)(c2ccccc2)CC(O)=C1SCc1ccccc1. The molecule has 2 aromatic carbocycles. The van der Waals surface area contributed by atoms with Crippen LogP contribution in [0.3, 0.4) is 0 Å². The summed E-state index contributed by atoms with van der Waals surface area (Å²) in [5.41, 5.74) is 0.959. The molecule has 1 N–H and O–H groups in total. The highest BCUT2D eigenvalue weighted by atomic mass is 32.2. The second-order valence-electron chi connectivity index (χ2n) is 8.32. The lowest BCUT2D eigenvalue weighted by Crippen LogP contribution is -2.39. The fraction of sp³-hybridized carbons (Fsp3) is 0.385. The van der Waals surface area contributed by atoms with Gasteiger partial charge in [-0.2, -0.15) is 11.8 Å². The number of nitrogens with zero attached hydrogens (tertiary/aromatic N) is 1. The van der Waals surface area contributed by atoms with E-state index in [0.29, 0.717) is 25.0 Å². The van der Waals surface area contributed by atoms with Crippen molar-refractivity contribution >= 4 is 35.4 Å². The van der Waals surface area contributed by atoms with Crippen molar-refractivity contribution in [2.24, 2.45) is 0 Å². The molecular weight excluding hydrogens is 454 g/mol. The Bertz CT molecular complexity index is 990. The Morgan fingerprint density at radius 1 is 1.06 bits per heavy atom. The summed E-state index contributed by atoms with van der Waals surface area (Å²) < 4.78 is 6.05. The first-order valence-corrected chi connectivity index (χ1v) is 13.4. The fourth-order valence-corrected chi connectivity index (χ4v) is 6.09. The Hall–Kier alpha value is -2.38. The van der Waals surface area contributed by atoms with E-state index < -0.39 is 11.6 Å². The van der Waals surface area contributed by atoms with Crippen LogP contribution < -0.4 is 0 Å². The number of amides is 1. The minimum absolute atomic E-state index is 0.0652. The number of rotatable bonds is 8. The van der Waals surface area contributed by atoms with Gasteiger partial charge in [-0.15, -0.1) is 11.8 Å². The van der Waals surface area contributed by atoms with Gasteiger partial charge in [0.15, 0.2) is 0 Å². The molecule has 0 radical (unpaired) electrons. The Morgan fingerprint density at radius 3 is 2.39 bits per heavy atom. The van der Waals surface area contributed by atoms with Crippen molar-refractivity contribution in [2.45, 2.75) is 37.0 Å². The summed E-state index contributed by atoms with van der Waals surface area (Å²) in [7, 11) is 0. The van der Waals surface area contributed by atoms with Crippen LogP contribution in [0, 0.1) is 0 Å². The summed E-state index contributed by atoms with van der Waals surface area (Å²) in [5.74, 6) is 2.27. The molecule has 2 aromatic rings. The summed E-state index contributed by atoms with van der Waals surface area (Å²) in [5, 5.41) is 10.9. The van der Waals surface area contributed by atoms with Crippen LogP contribution in [0.2, 0.25) is 0 Å². The number of esters is 1. The molecule has 1 fully saturated rings. The molecular formula is C26H29NO4S2. The maximum absolute atomic E-state index is 13.0. The molecule has 2 aliphatic rings. The van der Waals surface area contributed by atoms with Crippen molar-refractivity contribution < 1.29 is 19.4 Å². The first-order valence-electron chi connectivity index (χ1n) is 11.3. The van der Waals surface area contributed by atoms with Gasteiger partial charge in [-0.25, -0.2) is 4.79 Å². The van der Waals surface area contributed by atoms with Gasteiger partial charge in [0.05, 0.1) is 6.42 Å². The molecule has 33 heavy (non-hydrogen) atoms. The second-order valence-corrected chi connectivity index (χ2v) is 10.5. The van der Waals surface area contributed by atoms with Crippen LogP contribution in [-0.2, 0) is 25.7 Å². The highest BCUT2D eigenvalue weighted by molar-refractivity contribution is 8.03. The first-order chi connectivity index (χ1) is 16.1. The van der Waals surface area contributed by atoms with Gasteiger partial charge in [0.25, 0.3) is 0 Å². The van der Waals surface area contributed by atoms with Gasteiger partial charge in [0, 0.05) is 36.8 Å². The Morgan fingerprint density at radius 2 is 1.73 bits per heavy atom. The second kappa shape index (κ2) is 11.2. The lowest BCUT2D eigenvalue weighted by atomic mass is 9.83. The van der Waals surface area contributed by atoms with Gasteiger partial charge in [-0.05, 0) is 24.0 Å². The van der Waals surface area contributed by atoms with E-state index >= 15 is 0 Å². The van der Waals surface area contributed by atoms with Crippen molar-refractivity contribution in [1.29, 1.82) is 0 Å². The lowest BCUT2D eigenvalue weighted by Gasteiger charge is -2.37. The summed E-state index contributed by atoms with van der Waals surface area (Å²) in [6, 6.07) is 19.4. The first kappa shape index (κ1) is 23.8. The zero-order chi connectivity index (χ0) is 23.1. The van der Waals surface area contributed by atoms with Crippen LogP contribution in [0.15, 0.2) is 71.3 Å². The van der Waals surface area contributed by atoms with Gasteiger partial charge in [-0.3, -0.25) is 4.79 Å². The Kier molecular flexibility index (Phi) is 8.04. The van der Waals surface area contributed by atoms with E-state index in [1.54, 1.807) is 0 Å². The minimum Gasteiger partial charge on any atom is -0.511 e. The number of ether oxygens (including phenoxy) is 1. The maximum Gasteiger partial charge on any atom is 0.348 e. The summed E-state index contributed by atoms with van der Waals surface area (Å²) in [4.78, 5) is 27.8. The van der Waals surface area contributed by atoms with Crippen molar-refractivity contribution in [3.05, 3.63) is 82.5 Å². The van der Waals surface area contributed by atoms with Crippen molar-refractivity contribution in [3.63, 3.8) is 0 Å².